The van der Waals surface area contributed by atoms with E-state index in [1.807, 2.05) is 0 Å². The van der Waals surface area contributed by atoms with Gasteiger partial charge in [0, 0.05) is 19.2 Å². The summed E-state index contributed by atoms with van der Waals surface area (Å²) >= 11 is 0. The summed E-state index contributed by atoms with van der Waals surface area (Å²) < 4.78 is 42.7. The van der Waals surface area contributed by atoms with Crippen molar-refractivity contribution < 1.29 is 37.4 Å². The molecule has 0 bridgehead atoms. The van der Waals surface area contributed by atoms with Gasteiger partial charge in [0.25, 0.3) is 0 Å². The van der Waals surface area contributed by atoms with Gasteiger partial charge < -0.3 is 24.5 Å². The van der Waals surface area contributed by atoms with Crippen LogP contribution in [0, 0.1) is 0 Å². The standard InChI is InChI=1S/C23H20F3N3O5/c24-23(25,26)34-15-6-3-5-14(11-15)12-20(30)18-8-4-10-29(18)22(33)27-16-13-19(21(31)32)28-9-2-1-7-17(16)28/h1-3,5-7,9,11,13,18H,4,8,10,12H2,(H,27,33)(H,31,32)/t18-/m0/s1. The van der Waals surface area contributed by atoms with Crippen molar-refractivity contribution in [1.29, 1.82) is 0 Å². The molecule has 3 heterocycles. The third-order valence-electron chi connectivity index (χ3n) is 5.53. The number of ether oxygens (including phenoxy) is 1. The molecule has 1 aliphatic rings. The Morgan fingerprint density at radius 2 is 1.91 bits per heavy atom. The molecule has 178 valence electrons. The minimum Gasteiger partial charge on any atom is -0.477 e. The summed E-state index contributed by atoms with van der Waals surface area (Å²) in [5, 5.41) is 12.1. The van der Waals surface area contributed by atoms with Gasteiger partial charge >= 0.3 is 18.4 Å². The van der Waals surface area contributed by atoms with Gasteiger partial charge in [0.2, 0.25) is 0 Å². The Kier molecular flexibility index (Phi) is 6.18. The first kappa shape index (κ1) is 23.1. The summed E-state index contributed by atoms with van der Waals surface area (Å²) in [5.41, 5.74) is 1.08. The number of benzene rings is 1. The van der Waals surface area contributed by atoms with Crippen LogP contribution in [0.5, 0.6) is 5.75 Å². The molecule has 1 fully saturated rings. The van der Waals surface area contributed by atoms with Crippen molar-refractivity contribution in [3.63, 3.8) is 0 Å². The van der Waals surface area contributed by atoms with Crippen molar-refractivity contribution in [1.82, 2.24) is 9.30 Å². The number of pyridine rings is 1. The maximum absolute atomic E-state index is 13.0. The van der Waals surface area contributed by atoms with Gasteiger partial charge in [0.15, 0.2) is 5.78 Å². The average Bonchev–Trinajstić information content (AvgIpc) is 3.38. The fourth-order valence-electron chi connectivity index (χ4n) is 4.12. The predicted molar refractivity (Wildman–Crippen MR) is 115 cm³/mol. The summed E-state index contributed by atoms with van der Waals surface area (Å²) in [7, 11) is 0. The number of carboxylic acid groups (broad SMARTS) is 1. The number of aromatic carboxylic acids is 1. The number of hydrogen-bond acceptors (Lipinski definition) is 4. The molecule has 0 unspecified atom stereocenters. The second-order valence-electron chi connectivity index (χ2n) is 7.82. The highest BCUT2D eigenvalue weighted by Gasteiger charge is 2.35. The number of rotatable bonds is 6. The number of nitrogens with one attached hydrogen (secondary N) is 1. The van der Waals surface area contributed by atoms with Crippen molar-refractivity contribution in [3.8, 4) is 5.75 Å². The number of Topliss-reactive ketones (excluding diaryl/α,β-unsaturated/α-hetero) is 1. The smallest absolute Gasteiger partial charge is 0.477 e. The third-order valence-corrected chi connectivity index (χ3v) is 5.53. The van der Waals surface area contributed by atoms with Crippen LogP contribution in [0.1, 0.15) is 28.9 Å². The van der Waals surface area contributed by atoms with Gasteiger partial charge in [-0.05, 0) is 48.7 Å². The molecule has 34 heavy (non-hydrogen) atoms. The Morgan fingerprint density at radius 3 is 2.65 bits per heavy atom. The molecule has 3 aromatic rings. The zero-order chi connectivity index (χ0) is 24.5. The number of alkyl halides is 3. The van der Waals surface area contributed by atoms with Crippen molar-refractivity contribution in [2.75, 3.05) is 11.9 Å². The van der Waals surface area contributed by atoms with Crippen LogP contribution in [0.3, 0.4) is 0 Å². The summed E-state index contributed by atoms with van der Waals surface area (Å²) in [6.45, 7) is 0.317. The van der Waals surface area contributed by atoms with Gasteiger partial charge in [-0.2, -0.15) is 0 Å². The van der Waals surface area contributed by atoms with E-state index >= 15 is 0 Å². The lowest BCUT2D eigenvalue weighted by Crippen LogP contribution is -2.43. The molecule has 0 saturated carbocycles. The van der Waals surface area contributed by atoms with Crippen LogP contribution in [0.15, 0.2) is 54.7 Å². The van der Waals surface area contributed by atoms with E-state index < -0.39 is 30.2 Å². The number of amides is 2. The second-order valence-corrected chi connectivity index (χ2v) is 7.82. The predicted octanol–water partition coefficient (Wildman–Crippen LogP) is 4.34. The van der Waals surface area contributed by atoms with E-state index in [9.17, 15) is 32.7 Å². The molecule has 1 atom stereocenters. The van der Waals surface area contributed by atoms with Crippen molar-refractivity contribution in [2.45, 2.75) is 31.7 Å². The monoisotopic (exact) mass is 475 g/mol. The van der Waals surface area contributed by atoms with E-state index in [1.165, 1.54) is 27.5 Å². The molecule has 1 saturated heterocycles. The highest BCUT2D eigenvalue weighted by atomic mass is 19.4. The summed E-state index contributed by atoms with van der Waals surface area (Å²) in [6.07, 6.45) is -2.44. The molecule has 0 aliphatic carbocycles. The Hall–Kier alpha value is -4.02. The van der Waals surface area contributed by atoms with Crippen LogP contribution in [-0.4, -0.2) is 51.1 Å². The van der Waals surface area contributed by atoms with Crippen LogP contribution in [0.25, 0.3) is 5.52 Å². The van der Waals surface area contributed by atoms with Gasteiger partial charge in [-0.3, -0.25) is 4.79 Å². The molecular formula is C23H20F3N3O5. The molecule has 1 aromatic carbocycles. The van der Waals surface area contributed by atoms with E-state index in [4.69, 9.17) is 0 Å². The molecule has 8 nitrogen and oxygen atoms in total. The summed E-state index contributed by atoms with van der Waals surface area (Å²) in [6, 6.07) is 10.2. The fraction of sp³-hybridized carbons (Fsp3) is 0.261. The van der Waals surface area contributed by atoms with Gasteiger partial charge in [0.05, 0.1) is 17.2 Å². The number of aromatic nitrogens is 1. The fourth-order valence-corrected chi connectivity index (χ4v) is 4.12. The minimum absolute atomic E-state index is 0.0269. The molecule has 2 aromatic heterocycles. The number of anilines is 1. The number of urea groups is 1. The van der Waals surface area contributed by atoms with Gasteiger partial charge in [-0.25, -0.2) is 9.59 Å². The first-order valence-electron chi connectivity index (χ1n) is 10.4. The number of carbonyl (C=O) groups is 3. The first-order valence-corrected chi connectivity index (χ1v) is 10.4. The summed E-state index contributed by atoms with van der Waals surface area (Å²) in [4.78, 5) is 38.8. The van der Waals surface area contributed by atoms with E-state index in [2.05, 4.69) is 10.1 Å². The molecule has 2 N–H and O–H groups in total. The normalized spacial score (nSPS) is 16.0. The molecule has 4 rings (SSSR count). The second kappa shape index (κ2) is 9.08. The Morgan fingerprint density at radius 1 is 1.12 bits per heavy atom. The van der Waals surface area contributed by atoms with E-state index in [0.29, 0.717) is 30.5 Å². The molecule has 0 spiro atoms. The number of fused-ring (bicyclic) bond motifs is 1. The molecule has 0 radical (unpaired) electrons. The van der Waals surface area contributed by atoms with Crippen LogP contribution < -0.4 is 10.1 Å². The third kappa shape index (κ3) is 4.98. The quantitative estimate of drug-likeness (QED) is 0.552. The van der Waals surface area contributed by atoms with E-state index in [-0.39, 0.29) is 23.6 Å². The molecule has 11 heteroatoms. The number of likely N-dealkylation sites (tertiary alicyclic amines) is 1. The summed E-state index contributed by atoms with van der Waals surface area (Å²) in [5.74, 6) is -1.90. The lowest BCUT2D eigenvalue weighted by molar-refractivity contribution is -0.274. The van der Waals surface area contributed by atoms with Crippen LogP contribution in [-0.2, 0) is 11.2 Å². The number of carbonyl (C=O) groups excluding carboxylic acids is 2. The van der Waals surface area contributed by atoms with Crippen LogP contribution in [0.2, 0.25) is 0 Å². The van der Waals surface area contributed by atoms with E-state index in [0.717, 1.165) is 12.1 Å². The molecule has 2 amide bonds. The Labute approximate surface area is 191 Å². The van der Waals surface area contributed by atoms with Crippen molar-refractivity contribution >= 4 is 29.0 Å². The van der Waals surface area contributed by atoms with Gasteiger partial charge in [0.1, 0.15) is 11.4 Å². The maximum atomic E-state index is 13.0. The van der Waals surface area contributed by atoms with Crippen LogP contribution in [0.4, 0.5) is 23.7 Å². The maximum Gasteiger partial charge on any atom is 0.573 e. The number of halogens is 3. The SMILES string of the molecule is O=C(O)c1cc(NC(=O)N2CCC[C@H]2C(=O)Cc2cccc(OC(F)(F)F)c2)c2ccccn12. The van der Waals surface area contributed by atoms with Crippen molar-refractivity contribution in [3.05, 3.63) is 66.0 Å². The molecule has 1 aliphatic heterocycles. The first-order chi connectivity index (χ1) is 16.1. The number of nitrogens with zero attached hydrogens (tertiary/aromatic N) is 2. The number of hydrogen-bond donors (Lipinski definition) is 2. The largest absolute Gasteiger partial charge is 0.573 e. The number of ketones is 1. The minimum atomic E-state index is -4.84. The van der Waals surface area contributed by atoms with E-state index in [1.54, 1.807) is 24.4 Å². The zero-order valence-corrected chi connectivity index (χ0v) is 17.7. The molecular weight excluding hydrogens is 455 g/mol. The zero-order valence-electron chi connectivity index (χ0n) is 17.7. The van der Waals surface area contributed by atoms with Gasteiger partial charge in [-0.1, -0.05) is 18.2 Å². The van der Waals surface area contributed by atoms with Crippen molar-refractivity contribution in [2.24, 2.45) is 0 Å². The lowest BCUT2D eigenvalue weighted by atomic mass is 10.0. The highest BCUT2D eigenvalue weighted by molar-refractivity contribution is 6.00. The highest BCUT2D eigenvalue weighted by Crippen LogP contribution is 2.27. The Balaban J connectivity index is 1.48. The van der Waals surface area contributed by atoms with Gasteiger partial charge in [-0.15, -0.1) is 13.2 Å². The van der Waals surface area contributed by atoms with Crippen LogP contribution >= 0.6 is 0 Å². The topological polar surface area (TPSA) is 100 Å². The number of carboxylic acids is 1. The lowest BCUT2D eigenvalue weighted by Gasteiger charge is -2.24. The average molecular weight is 475 g/mol. The Bertz CT molecular complexity index is 1250.